The molecule has 0 spiro atoms. The Balaban J connectivity index is 2.69. The molecule has 0 heterocycles. The molecular formula is C17H10O2. The summed E-state index contributed by atoms with van der Waals surface area (Å²) in [5.74, 6) is 1.84. The summed E-state index contributed by atoms with van der Waals surface area (Å²) in [6.07, 6.45) is 2.30. The van der Waals surface area contributed by atoms with Crippen LogP contribution in [0.25, 0.3) is 27.6 Å². The number of hydrogen-bond acceptors (Lipinski definition) is 2. The summed E-state index contributed by atoms with van der Waals surface area (Å²) in [4.78, 5) is 22.2. The van der Waals surface area contributed by atoms with Gasteiger partial charge in [0.1, 0.15) is 5.94 Å². The van der Waals surface area contributed by atoms with Crippen molar-refractivity contribution in [1.29, 1.82) is 0 Å². The lowest BCUT2D eigenvalue weighted by atomic mass is 9.92. The number of carbonyl (C=O) groups is 1. The van der Waals surface area contributed by atoms with Gasteiger partial charge in [0, 0.05) is 17.2 Å². The van der Waals surface area contributed by atoms with Crippen LogP contribution in [-0.4, -0.2) is 12.2 Å². The first-order chi connectivity index (χ1) is 9.36. The molecular weight excluding hydrogens is 236 g/mol. The molecule has 0 fully saturated rings. The van der Waals surface area contributed by atoms with Gasteiger partial charge in [-0.15, -0.1) is 0 Å². The monoisotopic (exact) mass is 246 g/mol. The summed E-state index contributed by atoms with van der Waals surface area (Å²) in [6, 6.07) is 15.2. The number of benzene rings is 3. The zero-order chi connectivity index (χ0) is 13.2. The Morgan fingerprint density at radius 2 is 1.16 bits per heavy atom. The second-order valence-electron chi connectivity index (χ2n) is 4.30. The standard InChI is InChI=1S/C17H10O2/c18-10-9-16-12-5-1-3-7-14(12)17(11-19)15-8-4-2-6-13(15)16/h1-9,11H. The van der Waals surface area contributed by atoms with E-state index in [2.05, 4.69) is 0 Å². The highest BCUT2D eigenvalue weighted by Gasteiger charge is 2.11. The maximum absolute atomic E-state index is 11.4. The van der Waals surface area contributed by atoms with Crippen molar-refractivity contribution in [3.05, 3.63) is 59.7 Å². The van der Waals surface area contributed by atoms with Crippen LogP contribution in [0.5, 0.6) is 0 Å². The van der Waals surface area contributed by atoms with Crippen molar-refractivity contribution in [2.45, 2.75) is 0 Å². The smallest absolute Gasteiger partial charge is 0.151 e. The molecule has 0 saturated carbocycles. The third-order valence-electron chi connectivity index (χ3n) is 3.34. The number of carbonyl (C=O) groups excluding carboxylic acids is 2. The quantitative estimate of drug-likeness (QED) is 0.393. The van der Waals surface area contributed by atoms with Gasteiger partial charge in [-0.2, -0.15) is 0 Å². The van der Waals surface area contributed by atoms with Gasteiger partial charge in [-0.1, -0.05) is 48.5 Å². The number of aldehydes is 1. The van der Waals surface area contributed by atoms with E-state index in [1.165, 1.54) is 6.08 Å². The van der Waals surface area contributed by atoms with Crippen molar-refractivity contribution < 1.29 is 9.59 Å². The van der Waals surface area contributed by atoms with Crippen molar-refractivity contribution in [3.63, 3.8) is 0 Å². The summed E-state index contributed by atoms with van der Waals surface area (Å²) in [5.41, 5.74) is 1.47. The molecule has 3 aromatic carbocycles. The zero-order valence-electron chi connectivity index (χ0n) is 10.1. The van der Waals surface area contributed by atoms with Crippen molar-refractivity contribution in [2.24, 2.45) is 0 Å². The predicted octanol–water partition coefficient (Wildman–Crippen LogP) is 3.65. The summed E-state index contributed by atoms with van der Waals surface area (Å²) < 4.78 is 0. The van der Waals surface area contributed by atoms with Gasteiger partial charge < -0.3 is 0 Å². The molecule has 0 atom stereocenters. The minimum Gasteiger partial charge on any atom is -0.298 e. The lowest BCUT2D eigenvalue weighted by molar-refractivity contribution is 0.112. The van der Waals surface area contributed by atoms with Gasteiger partial charge >= 0.3 is 0 Å². The molecule has 3 rings (SSSR count). The van der Waals surface area contributed by atoms with Crippen LogP contribution in [0.4, 0.5) is 0 Å². The number of rotatable bonds is 2. The SMILES string of the molecule is O=C=Cc1c2ccccc2c(C=O)c2ccccc12. The van der Waals surface area contributed by atoms with Gasteiger partial charge in [-0.25, -0.2) is 4.79 Å². The minimum absolute atomic E-state index is 0.661. The molecule has 2 heteroatoms. The van der Waals surface area contributed by atoms with E-state index in [0.29, 0.717) is 5.56 Å². The molecule has 2 nitrogen and oxygen atoms in total. The van der Waals surface area contributed by atoms with Gasteiger partial charge in [0.15, 0.2) is 6.29 Å². The molecule has 19 heavy (non-hydrogen) atoms. The Morgan fingerprint density at radius 3 is 1.53 bits per heavy atom. The molecule has 0 saturated heterocycles. The zero-order valence-corrected chi connectivity index (χ0v) is 10.1. The lowest BCUT2D eigenvalue weighted by Crippen LogP contribution is -1.91. The van der Waals surface area contributed by atoms with Crippen LogP contribution < -0.4 is 0 Å². The van der Waals surface area contributed by atoms with E-state index >= 15 is 0 Å². The Bertz CT molecular complexity index is 783. The van der Waals surface area contributed by atoms with Crippen molar-refractivity contribution >= 4 is 39.8 Å². The van der Waals surface area contributed by atoms with Crippen LogP contribution in [0.2, 0.25) is 0 Å². The number of hydrogen-bond donors (Lipinski definition) is 0. The molecule has 0 bridgehead atoms. The molecule has 0 aliphatic carbocycles. The average molecular weight is 246 g/mol. The van der Waals surface area contributed by atoms with Gasteiger partial charge in [0.05, 0.1) is 0 Å². The Labute approximate surface area is 110 Å². The Morgan fingerprint density at radius 1 is 0.737 bits per heavy atom. The molecule has 3 aromatic rings. The Kier molecular flexibility index (Phi) is 2.71. The Hall–Kier alpha value is -2.70. The highest BCUT2D eigenvalue weighted by atomic mass is 16.1. The van der Waals surface area contributed by atoms with Crippen molar-refractivity contribution in [2.75, 3.05) is 0 Å². The minimum atomic E-state index is 0.661. The van der Waals surface area contributed by atoms with E-state index in [-0.39, 0.29) is 0 Å². The molecule has 0 N–H and O–H groups in total. The first-order valence-electron chi connectivity index (χ1n) is 5.96. The number of fused-ring (bicyclic) bond motifs is 2. The molecule has 0 radical (unpaired) electrons. The maximum Gasteiger partial charge on any atom is 0.151 e. The van der Waals surface area contributed by atoms with Gasteiger partial charge in [-0.3, -0.25) is 4.79 Å². The fourth-order valence-electron chi connectivity index (χ4n) is 2.54. The van der Waals surface area contributed by atoms with E-state index in [0.717, 1.165) is 33.4 Å². The van der Waals surface area contributed by atoms with E-state index in [9.17, 15) is 9.59 Å². The summed E-state index contributed by atoms with van der Waals surface area (Å²) in [5, 5.41) is 3.51. The van der Waals surface area contributed by atoms with Crippen molar-refractivity contribution in [3.8, 4) is 0 Å². The third-order valence-corrected chi connectivity index (χ3v) is 3.34. The van der Waals surface area contributed by atoms with Gasteiger partial charge in [0.25, 0.3) is 0 Å². The van der Waals surface area contributed by atoms with E-state index in [1.807, 2.05) is 54.5 Å². The van der Waals surface area contributed by atoms with E-state index in [1.54, 1.807) is 0 Å². The van der Waals surface area contributed by atoms with Gasteiger partial charge in [0.2, 0.25) is 0 Å². The maximum atomic E-state index is 11.4. The summed E-state index contributed by atoms with van der Waals surface area (Å²) in [7, 11) is 0. The lowest BCUT2D eigenvalue weighted by Gasteiger charge is -2.10. The first kappa shape index (κ1) is 11.4. The van der Waals surface area contributed by atoms with Crippen LogP contribution in [0.3, 0.4) is 0 Å². The van der Waals surface area contributed by atoms with Crippen LogP contribution in [0.1, 0.15) is 15.9 Å². The highest BCUT2D eigenvalue weighted by Crippen LogP contribution is 2.32. The van der Waals surface area contributed by atoms with Crippen LogP contribution in [-0.2, 0) is 4.79 Å². The highest BCUT2D eigenvalue weighted by molar-refractivity contribution is 6.17. The van der Waals surface area contributed by atoms with Crippen molar-refractivity contribution in [1.82, 2.24) is 0 Å². The van der Waals surface area contributed by atoms with Crippen LogP contribution in [0, 0.1) is 0 Å². The summed E-state index contributed by atoms with van der Waals surface area (Å²) >= 11 is 0. The largest absolute Gasteiger partial charge is 0.298 e. The van der Waals surface area contributed by atoms with E-state index in [4.69, 9.17) is 0 Å². The van der Waals surface area contributed by atoms with E-state index < -0.39 is 0 Å². The van der Waals surface area contributed by atoms with Crippen LogP contribution in [0.15, 0.2) is 48.5 Å². The molecule has 0 amide bonds. The normalized spacial score (nSPS) is 10.3. The van der Waals surface area contributed by atoms with Crippen LogP contribution >= 0.6 is 0 Å². The molecule has 0 unspecified atom stereocenters. The molecule has 90 valence electrons. The fraction of sp³-hybridized carbons (Fsp3) is 0. The molecule has 0 aliphatic heterocycles. The summed E-state index contributed by atoms with van der Waals surface area (Å²) in [6.45, 7) is 0. The van der Waals surface area contributed by atoms with Gasteiger partial charge in [-0.05, 0) is 21.5 Å². The predicted molar refractivity (Wildman–Crippen MR) is 77.0 cm³/mol. The topological polar surface area (TPSA) is 34.1 Å². The second-order valence-corrected chi connectivity index (χ2v) is 4.30. The molecule has 0 aromatic heterocycles. The first-order valence-corrected chi connectivity index (χ1v) is 5.96. The molecule has 0 aliphatic rings. The fourth-order valence-corrected chi connectivity index (χ4v) is 2.54. The average Bonchev–Trinajstić information content (AvgIpc) is 2.47. The second kappa shape index (κ2) is 4.52. The third kappa shape index (κ3) is 1.67.